The van der Waals surface area contributed by atoms with Crippen LogP contribution in [0.5, 0.6) is 0 Å². The molecule has 0 aromatic carbocycles. The number of thiol groups is 1. The fourth-order valence-electron chi connectivity index (χ4n) is 1.81. The quantitative estimate of drug-likeness (QED) is 0.629. The SMILES string of the molecule is CCC(CC)(CS)CN(C)CCC(C)O. The minimum absolute atomic E-state index is 0.193. The maximum absolute atomic E-state index is 9.23. The van der Waals surface area contributed by atoms with Crippen LogP contribution in [-0.2, 0) is 0 Å². The van der Waals surface area contributed by atoms with Crippen LogP contribution in [0.2, 0.25) is 0 Å². The number of hydrogen-bond donors (Lipinski definition) is 2. The van der Waals surface area contributed by atoms with Gasteiger partial charge in [0.15, 0.2) is 0 Å². The van der Waals surface area contributed by atoms with Crippen molar-refractivity contribution in [1.29, 1.82) is 0 Å². The monoisotopic (exact) mass is 233 g/mol. The molecule has 0 spiro atoms. The van der Waals surface area contributed by atoms with Gasteiger partial charge < -0.3 is 10.0 Å². The molecule has 15 heavy (non-hydrogen) atoms. The van der Waals surface area contributed by atoms with E-state index in [2.05, 4.69) is 38.4 Å². The van der Waals surface area contributed by atoms with E-state index in [9.17, 15) is 5.11 Å². The zero-order valence-electron chi connectivity index (χ0n) is 10.7. The molecule has 0 heterocycles. The van der Waals surface area contributed by atoms with E-state index in [-0.39, 0.29) is 6.10 Å². The minimum Gasteiger partial charge on any atom is -0.393 e. The molecule has 3 heteroatoms. The van der Waals surface area contributed by atoms with E-state index in [1.807, 2.05) is 6.92 Å². The first-order valence-corrected chi connectivity index (χ1v) is 6.60. The lowest BCUT2D eigenvalue weighted by molar-refractivity contribution is 0.138. The lowest BCUT2D eigenvalue weighted by atomic mass is 9.84. The third kappa shape index (κ3) is 5.79. The molecule has 0 aromatic rings. The summed E-state index contributed by atoms with van der Waals surface area (Å²) >= 11 is 4.47. The molecule has 92 valence electrons. The van der Waals surface area contributed by atoms with Crippen molar-refractivity contribution in [3.05, 3.63) is 0 Å². The van der Waals surface area contributed by atoms with Crippen molar-refractivity contribution in [2.24, 2.45) is 5.41 Å². The van der Waals surface area contributed by atoms with E-state index in [0.717, 1.165) is 25.3 Å². The molecule has 0 rings (SSSR count). The molecule has 0 saturated carbocycles. The Morgan fingerprint density at radius 3 is 2.20 bits per heavy atom. The van der Waals surface area contributed by atoms with Gasteiger partial charge in [-0.2, -0.15) is 12.6 Å². The Morgan fingerprint density at radius 2 is 1.87 bits per heavy atom. The highest BCUT2D eigenvalue weighted by Crippen LogP contribution is 2.28. The average Bonchev–Trinajstić information content (AvgIpc) is 2.23. The number of rotatable bonds is 8. The van der Waals surface area contributed by atoms with Crippen molar-refractivity contribution in [3.8, 4) is 0 Å². The molecule has 0 bridgehead atoms. The van der Waals surface area contributed by atoms with Gasteiger partial charge >= 0.3 is 0 Å². The van der Waals surface area contributed by atoms with Crippen molar-refractivity contribution in [1.82, 2.24) is 4.90 Å². The smallest absolute Gasteiger partial charge is 0.0524 e. The van der Waals surface area contributed by atoms with Crippen LogP contribution in [-0.4, -0.2) is 42.0 Å². The Morgan fingerprint density at radius 1 is 1.33 bits per heavy atom. The van der Waals surface area contributed by atoms with Crippen LogP contribution >= 0.6 is 12.6 Å². The molecule has 0 amide bonds. The number of aliphatic hydroxyl groups is 1. The topological polar surface area (TPSA) is 23.5 Å². The maximum Gasteiger partial charge on any atom is 0.0524 e. The molecule has 1 unspecified atom stereocenters. The second-order valence-electron chi connectivity index (χ2n) is 4.74. The van der Waals surface area contributed by atoms with E-state index in [1.165, 1.54) is 12.8 Å². The first-order valence-electron chi connectivity index (χ1n) is 5.97. The summed E-state index contributed by atoms with van der Waals surface area (Å²) in [5.74, 6) is 0.943. The van der Waals surface area contributed by atoms with Gasteiger partial charge in [0, 0.05) is 13.1 Å². The lowest BCUT2D eigenvalue weighted by Crippen LogP contribution is -2.37. The highest BCUT2D eigenvalue weighted by atomic mass is 32.1. The Bertz CT molecular complexity index is 149. The molecule has 0 aliphatic heterocycles. The zero-order valence-corrected chi connectivity index (χ0v) is 11.6. The van der Waals surface area contributed by atoms with Crippen molar-refractivity contribution in [2.75, 3.05) is 25.9 Å². The van der Waals surface area contributed by atoms with E-state index in [4.69, 9.17) is 0 Å². The number of hydrogen-bond acceptors (Lipinski definition) is 3. The van der Waals surface area contributed by atoms with Crippen LogP contribution in [0, 0.1) is 5.41 Å². The molecular weight excluding hydrogens is 206 g/mol. The molecular formula is C12H27NOS. The van der Waals surface area contributed by atoms with Crippen molar-refractivity contribution >= 4 is 12.6 Å². The van der Waals surface area contributed by atoms with Gasteiger partial charge in [0.2, 0.25) is 0 Å². The highest BCUT2D eigenvalue weighted by molar-refractivity contribution is 7.80. The third-order valence-electron chi connectivity index (χ3n) is 3.37. The molecule has 0 radical (unpaired) electrons. The van der Waals surface area contributed by atoms with Gasteiger partial charge in [0.05, 0.1) is 6.10 Å². The summed E-state index contributed by atoms with van der Waals surface area (Å²) in [6, 6.07) is 0. The summed E-state index contributed by atoms with van der Waals surface area (Å²) in [6.07, 6.45) is 3.01. The predicted molar refractivity (Wildman–Crippen MR) is 70.7 cm³/mol. The minimum atomic E-state index is -0.193. The number of nitrogens with zero attached hydrogens (tertiary/aromatic N) is 1. The average molecular weight is 233 g/mol. The van der Waals surface area contributed by atoms with Gasteiger partial charge in [-0.3, -0.25) is 0 Å². The molecule has 0 aromatic heterocycles. The van der Waals surface area contributed by atoms with Gasteiger partial charge in [-0.1, -0.05) is 13.8 Å². The van der Waals surface area contributed by atoms with E-state index in [1.54, 1.807) is 0 Å². The van der Waals surface area contributed by atoms with Crippen molar-refractivity contribution in [3.63, 3.8) is 0 Å². The second kappa shape index (κ2) is 7.53. The zero-order chi connectivity index (χ0) is 11.9. The summed E-state index contributed by atoms with van der Waals surface area (Å²) in [6.45, 7) is 8.37. The van der Waals surface area contributed by atoms with Crippen molar-refractivity contribution in [2.45, 2.75) is 46.1 Å². The molecule has 1 atom stereocenters. The largest absolute Gasteiger partial charge is 0.393 e. The Balaban J connectivity index is 4.05. The molecule has 2 nitrogen and oxygen atoms in total. The summed E-state index contributed by atoms with van der Waals surface area (Å²) in [7, 11) is 2.13. The van der Waals surface area contributed by atoms with Gasteiger partial charge in [-0.05, 0) is 44.4 Å². The molecule has 0 fully saturated rings. The number of aliphatic hydroxyl groups excluding tert-OH is 1. The van der Waals surface area contributed by atoms with E-state index < -0.39 is 0 Å². The Labute approximate surface area is 100 Å². The van der Waals surface area contributed by atoms with Gasteiger partial charge in [-0.25, -0.2) is 0 Å². The predicted octanol–water partition coefficient (Wildman–Crippen LogP) is 2.43. The summed E-state index contributed by atoms with van der Waals surface area (Å²) in [5.41, 5.74) is 0.344. The van der Waals surface area contributed by atoms with Crippen LogP contribution in [0.1, 0.15) is 40.0 Å². The van der Waals surface area contributed by atoms with Gasteiger partial charge in [0.25, 0.3) is 0 Å². The van der Waals surface area contributed by atoms with Crippen molar-refractivity contribution < 1.29 is 5.11 Å². The maximum atomic E-state index is 9.23. The first kappa shape index (κ1) is 15.3. The van der Waals surface area contributed by atoms with Crippen LogP contribution in [0.3, 0.4) is 0 Å². The molecule has 0 aliphatic carbocycles. The third-order valence-corrected chi connectivity index (χ3v) is 4.04. The van der Waals surface area contributed by atoms with E-state index in [0.29, 0.717) is 5.41 Å². The van der Waals surface area contributed by atoms with Crippen LogP contribution in [0.15, 0.2) is 0 Å². The normalized spacial score (nSPS) is 14.6. The Hall–Kier alpha value is 0.270. The summed E-state index contributed by atoms with van der Waals surface area (Å²) < 4.78 is 0. The van der Waals surface area contributed by atoms with E-state index >= 15 is 0 Å². The Kier molecular flexibility index (Phi) is 7.66. The van der Waals surface area contributed by atoms with Crippen LogP contribution in [0.25, 0.3) is 0 Å². The van der Waals surface area contributed by atoms with Gasteiger partial charge in [0.1, 0.15) is 0 Å². The molecule has 0 aliphatic rings. The van der Waals surface area contributed by atoms with Crippen LogP contribution in [0.4, 0.5) is 0 Å². The second-order valence-corrected chi connectivity index (χ2v) is 5.06. The standard InChI is InChI=1S/C12H27NOS/c1-5-12(6-2,10-15)9-13(4)8-7-11(3)14/h11,14-15H,5-10H2,1-4H3. The first-order chi connectivity index (χ1) is 6.99. The fourth-order valence-corrected chi connectivity index (χ4v) is 2.35. The molecule has 0 saturated heterocycles. The highest BCUT2D eigenvalue weighted by Gasteiger charge is 2.25. The van der Waals surface area contributed by atoms with Gasteiger partial charge in [-0.15, -0.1) is 0 Å². The fraction of sp³-hybridized carbons (Fsp3) is 1.00. The molecule has 1 N–H and O–H groups in total. The lowest BCUT2D eigenvalue weighted by Gasteiger charge is -2.34. The van der Waals surface area contributed by atoms with Crippen LogP contribution < -0.4 is 0 Å². The summed E-state index contributed by atoms with van der Waals surface area (Å²) in [4.78, 5) is 2.32. The summed E-state index contributed by atoms with van der Waals surface area (Å²) in [5, 5.41) is 9.23.